The van der Waals surface area contributed by atoms with Crippen LogP contribution in [0.15, 0.2) is 49.3 Å². The van der Waals surface area contributed by atoms with Crippen molar-refractivity contribution >= 4 is 39.1 Å². The average molecular weight is 543 g/mol. The van der Waals surface area contributed by atoms with Crippen molar-refractivity contribution < 1.29 is 9.53 Å². The van der Waals surface area contributed by atoms with Gasteiger partial charge in [-0.15, -0.1) is 6.58 Å². The van der Waals surface area contributed by atoms with Crippen LogP contribution in [0.5, 0.6) is 0 Å². The molecule has 2 aromatic carbocycles. The second-order valence-electron chi connectivity index (χ2n) is 11.4. The molecule has 2 aliphatic rings. The van der Waals surface area contributed by atoms with E-state index in [0.29, 0.717) is 36.9 Å². The predicted octanol–water partition coefficient (Wildman–Crippen LogP) is 3.34. The third-order valence-electron chi connectivity index (χ3n) is 8.01. The fourth-order valence-electron chi connectivity index (χ4n) is 5.79. The van der Waals surface area contributed by atoms with E-state index in [1.54, 1.807) is 4.68 Å². The van der Waals surface area contributed by atoms with Crippen molar-refractivity contribution in [2.75, 3.05) is 43.1 Å². The monoisotopic (exact) mass is 542 g/mol. The first-order valence-electron chi connectivity index (χ1n) is 14.0. The summed E-state index contributed by atoms with van der Waals surface area (Å²) in [6.07, 6.45) is 8.03. The van der Waals surface area contributed by atoms with Crippen LogP contribution in [0.1, 0.15) is 35.7 Å². The van der Waals surface area contributed by atoms with Gasteiger partial charge in [0.05, 0.1) is 29.8 Å². The van der Waals surface area contributed by atoms with Gasteiger partial charge in [0, 0.05) is 80.9 Å². The maximum Gasteiger partial charge on any atom is 0.257 e. The van der Waals surface area contributed by atoms with Gasteiger partial charge in [-0.2, -0.15) is 10.2 Å². The first-order chi connectivity index (χ1) is 19.3. The Hall–Kier alpha value is -3.73. The summed E-state index contributed by atoms with van der Waals surface area (Å²) in [4.78, 5) is 16.1. The topological polar surface area (TPSA) is 101 Å². The van der Waals surface area contributed by atoms with Crippen LogP contribution in [0.4, 0.5) is 11.4 Å². The molecule has 0 radical (unpaired) electrons. The number of aromatic nitrogens is 4. The molecule has 0 bridgehead atoms. The molecule has 1 amide bonds. The van der Waals surface area contributed by atoms with Crippen molar-refractivity contribution in [1.29, 1.82) is 0 Å². The van der Waals surface area contributed by atoms with Crippen molar-refractivity contribution in [2.24, 2.45) is 14.1 Å². The number of nitrogens with one attached hydrogen (secondary N) is 3. The summed E-state index contributed by atoms with van der Waals surface area (Å²) in [5.74, 6) is -0.177. The first kappa shape index (κ1) is 26.5. The van der Waals surface area contributed by atoms with Crippen LogP contribution in [0, 0.1) is 0 Å². The third-order valence-corrected chi connectivity index (χ3v) is 8.01. The molecule has 2 saturated heterocycles. The Kier molecular flexibility index (Phi) is 7.07. The zero-order valence-corrected chi connectivity index (χ0v) is 23.5. The van der Waals surface area contributed by atoms with Gasteiger partial charge in [0.1, 0.15) is 5.52 Å². The van der Waals surface area contributed by atoms with Crippen molar-refractivity contribution in [3.8, 4) is 0 Å². The van der Waals surface area contributed by atoms with Crippen LogP contribution in [0.25, 0.3) is 21.8 Å². The second-order valence-corrected chi connectivity index (χ2v) is 11.4. The molecule has 4 aromatic rings. The number of carbonyl (C=O) groups is 1. The number of carbonyl (C=O) groups excluding carboxylic acids is 1. The molecule has 6 rings (SSSR count). The number of amides is 1. The molecule has 40 heavy (non-hydrogen) atoms. The highest BCUT2D eigenvalue weighted by Gasteiger charge is 2.32. The first-order valence-corrected chi connectivity index (χ1v) is 14.0. The van der Waals surface area contributed by atoms with Crippen LogP contribution in [0.3, 0.4) is 0 Å². The Labute approximate surface area is 234 Å². The highest BCUT2D eigenvalue weighted by molar-refractivity contribution is 6.14. The number of anilines is 2. The molecule has 0 atom stereocenters. The number of hydrogen-bond acceptors (Lipinski definition) is 7. The van der Waals surface area contributed by atoms with E-state index < -0.39 is 0 Å². The van der Waals surface area contributed by atoms with Crippen molar-refractivity contribution in [2.45, 2.75) is 37.9 Å². The molecule has 3 N–H and O–H groups in total. The van der Waals surface area contributed by atoms with Gasteiger partial charge in [-0.3, -0.25) is 14.2 Å². The molecule has 0 aliphatic carbocycles. The lowest BCUT2D eigenvalue weighted by atomic mass is 10.00. The Morgan fingerprint density at radius 1 is 1.12 bits per heavy atom. The number of fused-ring (bicyclic) bond motifs is 2. The molecule has 4 heterocycles. The Bertz CT molecular complexity index is 1560. The number of ether oxygens (including phenoxy) is 1. The largest absolute Gasteiger partial charge is 0.377 e. The van der Waals surface area contributed by atoms with Crippen molar-refractivity contribution in [1.82, 2.24) is 30.2 Å². The third kappa shape index (κ3) is 5.22. The number of rotatable bonds is 9. The number of piperidine rings is 1. The maximum atomic E-state index is 13.7. The van der Waals surface area contributed by atoms with E-state index in [4.69, 9.17) is 9.84 Å². The molecule has 0 spiro atoms. The van der Waals surface area contributed by atoms with Crippen LogP contribution >= 0.6 is 0 Å². The summed E-state index contributed by atoms with van der Waals surface area (Å²) in [6.45, 7) is 10.7. The maximum absolute atomic E-state index is 13.7. The van der Waals surface area contributed by atoms with Gasteiger partial charge in [0.25, 0.3) is 5.91 Å². The second kappa shape index (κ2) is 10.7. The molecule has 10 nitrogen and oxygen atoms in total. The van der Waals surface area contributed by atoms with E-state index in [0.717, 1.165) is 65.7 Å². The number of benzene rings is 2. The van der Waals surface area contributed by atoms with E-state index in [1.807, 2.05) is 55.4 Å². The summed E-state index contributed by atoms with van der Waals surface area (Å²) in [6, 6.07) is 8.47. The molecule has 2 aromatic heterocycles. The lowest BCUT2D eigenvalue weighted by molar-refractivity contribution is -0.0649. The van der Waals surface area contributed by atoms with Gasteiger partial charge in [0.2, 0.25) is 0 Å². The van der Waals surface area contributed by atoms with E-state index in [2.05, 4.69) is 45.5 Å². The average Bonchev–Trinajstić information content (AvgIpc) is 3.50. The van der Waals surface area contributed by atoms with Crippen LogP contribution in [-0.2, 0) is 25.4 Å². The smallest absolute Gasteiger partial charge is 0.257 e. The van der Waals surface area contributed by atoms with Gasteiger partial charge in [-0.05, 0) is 49.6 Å². The molecule has 0 saturated carbocycles. The molecule has 0 unspecified atom stereocenters. The summed E-state index contributed by atoms with van der Waals surface area (Å²) < 4.78 is 8.99. The van der Waals surface area contributed by atoms with E-state index in [1.165, 1.54) is 0 Å². The van der Waals surface area contributed by atoms with Crippen LogP contribution in [-0.4, -0.2) is 69.9 Å². The fraction of sp³-hybridized carbons (Fsp3) is 0.433. The van der Waals surface area contributed by atoms with E-state index in [9.17, 15) is 4.79 Å². The standard InChI is InChI=1S/C30H38N8O2/c1-5-10-31-22-8-11-38(12-9-22)26-7-6-24(28-25(26)17-37(4)35-28)29(39)33-23-13-20(15-32-30(2)18-40-19-30)27-21(14-23)16-36(3)34-27/h5-7,13-14,16-17,22,31-32H,1,8-12,15,18-19H2,2-4H3,(H,33,39). The zero-order chi connectivity index (χ0) is 27.9. The predicted molar refractivity (Wildman–Crippen MR) is 159 cm³/mol. The normalized spacial score (nSPS) is 17.3. The number of nitrogens with zero attached hydrogens (tertiary/aromatic N) is 5. The van der Waals surface area contributed by atoms with Gasteiger partial charge in [0.15, 0.2) is 0 Å². The Morgan fingerprint density at radius 3 is 2.60 bits per heavy atom. The highest BCUT2D eigenvalue weighted by atomic mass is 16.5. The fourth-order valence-corrected chi connectivity index (χ4v) is 5.79. The van der Waals surface area contributed by atoms with E-state index >= 15 is 0 Å². The Balaban J connectivity index is 1.24. The minimum absolute atomic E-state index is 0.0376. The van der Waals surface area contributed by atoms with Crippen molar-refractivity contribution in [3.63, 3.8) is 0 Å². The lowest BCUT2D eigenvalue weighted by Gasteiger charge is -2.39. The molecular weight excluding hydrogens is 504 g/mol. The summed E-state index contributed by atoms with van der Waals surface area (Å²) in [7, 11) is 3.82. The summed E-state index contributed by atoms with van der Waals surface area (Å²) >= 11 is 0. The highest BCUT2D eigenvalue weighted by Crippen LogP contribution is 2.32. The van der Waals surface area contributed by atoms with E-state index in [-0.39, 0.29) is 11.4 Å². The molecule has 2 aliphatic heterocycles. The summed E-state index contributed by atoms with van der Waals surface area (Å²) in [5, 5.41) is 21.6. The van der Waals surface area contributed by atoms with Crippen LogP contribution in [0.2, 0.25) is 0 Å². The van der Waals surface area contributed by atoms with Gasteiger partial charge < -0.3 is 25.6 Å². The number of hydrogen-bond donors (Lipinski definition) is 3. The molecule has 2 fully saturated rings. The number of aryl methyl sites for hydroxylation is 2. The van der Waals surface area contributed by atoms with Crippen LogP contribution < -0.4 is 20.9 Å². The van der Waals surface area contributed by atoms with Gasteiger partial charge >= 0.3 is 0 Å². The molecule has 10 heteroatoms. The Morgan fingerprint density at radius 2 is 1.88 bits per heavy atom. The van der Waals surface area contributed by atoms with Crippen molar-refractivity contribution in [3.05, 3.63) is 60.4 Å². The molecular formula is C30H38N8O2. The van der Waals surface area contributed by atoms with Gasteiger partial charge in [-0.1, -0.05) is 6.08 Å². The quantitative estimate of drug-likeness (QED) is 0.279. The van der Waals surface area contributed by atoms with Gasteiger partial charge in [-0.25, -0.2) is 0 Å². The zero-order valence-electron chi connectivity index (χ0n) is 23.5. The lowest BCUT2D eigenvalue weighted by Crippen LogP contribution is -2.57. The minimum Gasteiger partial charge on any atom is -0.377 e. The summed E-state index contributed by atoms with van der Waals surface area (Å²) in [5.41, 5.74) is 5.06. The molecule has 210 valence electrons. The SMILES string of the molecule is C=CCNC1CCN(c2ccc(C(=O)Nc3cc(CNC4(C)COC4)c4nn(C)cc4c3)c3nn(C)cc23)CC1. The minimum atomic E-state index is -0.177.